The van der Waals surface area contributed by atoms with Gasteiger partial charge in [0.25, 0.3) is 0 Å². The normalized spacial score (nSPS) is 29.3. The smallest absolute Gasteiger partial charge is 0.462 e. The maximum atomic E-state index is 13.4. The van der Waals surface area contributed by atoms with E-state index in [1.54, 1.807) is 0 Å². The van der Waals surface area contributed by atoms with Gasteiger partial charge in [0.1, 0.15) is 55.3 Å². The third kappa shape index (κ3) is 11.1. The van der Waals surface area contributed by atoms with Gasteiger partial charge in [0.2, 0.25) is 6.29 Å². The first-order valence-electron chi connectivity index (χ1n) is 15.9. The van der Waals surface area contributed by atoms with E-state index in [4.69, 9.17) is 68.8 Å². The first-order valence-corrected chi connectivity index (χ1v) is 20.0. The molecular formula is C28H39N5O19P2S. The molecule has 0 bridgehead atoms. The third-order valence-electron chi connectivity index (χ3n) is 7.87. The number of nitrogen functional groups attached to an aromatic ring is 1. The number of rotatable bonds is 17. The van der Waals surface area contributed by atoms with E-state index in [2.05, 4.69) is 15.0 Å². The van der Waals surface area contributed by atoms with E-state index in [0.29, 0.717) is 5.65 Å². The van der Waals surface area contributed by atoms with E-state index in [1.165, 1.54) is 31.4 Å². The summed E-state index contributed by atoms with van der Waals surface area (Å²) in [6.07, 6.45) is -10.2. The number of esters is 4. The number of carbonyl (C=O) groups is 5. The van der Waals surface area contributed by atoms with Gasteiger partial charge in [0, 0.05) is 41.9 Å². The number of phosphoric acid groups is 1. The van der Waals surface area contributed by atoms with E-state index >= 15 is 0 Å². The zero-order valence-electron chi connectivity index (χ0n) is 29.9. The molecule has 2 aliphatic rings. The van der Waals surface area contributed by atoms with Crippen molar-refractivity contribution in [2.24, 2.45) is 5.92 Å². The molecule has 2 aromatic heterocycles. The van der Waals surface area contributed by atoms with Crippen LogP contribution in [0, 0.1) is 5.92 Å². The third-order valence-corrected chi connectivity index (χ3v) is 11.4. The molecule has 12 atom stereocenters. The van der Waals surface area contributed by atoms with Crippen LogP contribution >= 0.6 is 14.5 Å². The Bertz CT molecular complexity index is 1840. The number of fused-ring (bicyclic) bond motifs is 1. The summed E-state index contributed by atoms with van der Waals surface area (Å²) in [5, 5.41) is 0. The first kappa shape index (κ1) is 44.1. The Morgan fingerprint density at radius 2 is 1.62 bits per heavy atom. The van der Waals surface area contributed by atoms with Gasteiger partial charge in [0.05, 0.1) is 18.9 Å². The average Bonchev–Trinajstić information content (AvgIpc) is 3.67. The summed E-state index contributed by atoms with van der Waals surface area (Å²) in [4.78, 5) is 94.2. The zero-order chi connectivity index (χ0) is 40.8. The monoisotopic (exact) mass is 843 g/mol. The second kappa shape index (κ2) is 18.6. The Morgan fingerprint density at radius 3 is 2.20 bits per heavy atom. The number of imidazole rings is 1. The molecule has 55 heavy (non-hydrogen) atoms. The van der Waals surface area contributed by atoms with Crippen LogP contribution in [0.2, 0.25) is 0 Å². The number of aromatic nitrogens is 4. The molecule has 2 saturated heterocycles. The molecule has 0 aliphatic carbocycles. The quantitative estimate of drug-likeness (QED) is 0.0789. The summed E-state index contributed by atoms with van der Waals surface area (Å²) in [6.45, 7) is -2.21. The highest BCUT2D eigenvalue weighted by atomic mass is 32.5. The molecule has 306 valence electrons. The van der Waals surface area contributed by atoms with Crippen LogP contribution in [0.4, 0.5) is 5.82 Å². The van der Waals surface area contributed by atoms with Gasteiger partial charge in [-0.05, 0) is 11.8 Å². The Hall–Kier alpha value is -3.58. The lowest BCUT2D eigenvalue weighted by Gasteiger charge is -2.45. The Kier molecular flexibility index (Phi) is 14.9. The zero-order valence-corrected chi connectivity index (χ0v) is 32.5. The second-order valence-corrected chi connectivity index (χ2v) is 16.1. The molecule has 4 N–H and O–H groups in total. The van der Waals surface area contributed by atoms with Gasteiger partial charge in [-0.25, -0.2) is 23.8 Å². The van der Waals surface area contributed by atoms with Gasteiger partial charge in [-0.15, -0.1) is 0 Å². The summed E-state index contributed by atoms with van der Waals surface area (Å²) >= 11 is 4.99. The average molecular weight is 844 g/mol. The number of aldehydes is 1. The number of anilines is 1. The second-order valence-electron chi connectivity index (χ2n) is 11.7. The Balaban J connectivity index is 1.56. The van der Waals surface area contributed by atoms with E-state index in [0.717, 1.165) is 27.7 Å². The van der Waals surface area contributed by atoms with Crippen LogP contribution in [-0.2, 0) is 91.6 Å². The largest absolute Gasteiger partial charge is 0.481 e. The van der Waals surface area contributed by atoms with Gasteiger partial charge in [-0.2, -0.15) is 0 Å². The fourth-order valence-electron chi connectivity index (χ4n) is 5.84. The number of nitrogens with two attached hydrogens (primary N) is 1. The van der Waals surface area contributed by atoms with Crippen molar-refractivity contribution < 1.29 is 89.6 Å². The number of nitrogens with zero attached hydrogens (tertiary/aromatic N) is 4. The predicted octanol–water partition coefficient (Wildman–Crippen LogP) is -0.399. The van der Waals surface area contributed by atoms with Crippen LogP contribution in [0.25, 0.3) is 11.2 Å². The minimum absolute atomic E-state index is 0.109. The van der Waals surface area contributed by atoms with Crippen molar-refractivity contribution in [3.05, 3.63) is 12.7 Å². The van der Waals surface area contributed by atoms with E-state index < -0.39 is 113 Å². The lowest BCUT2D eigenvalue weighted by molar-refractivity contribution is -0.283. The van der Waals surface area contributed by atoms with E-state index in [-0.39, 0.29) is 17.6 Å². The molecule has 0 amide bonds. The van der Waals surface area contributed by atoms with Crippen LogP contribution in [0.1, 0.15) is 33.9 Å². The number of carbonyl (C=O) groups excluding carboxylic acids is 5. The van der Waals surface area contributed by atoms with Gasteiger partial charge in [0.15, 0.2) is 29.9 Å². The fraction of sp³-hybridized carbons (Fsp3) is 0.643. The number of ether oxygens (including phenoxy) is 8. The number of hydrogen-bond donors (Lipinski definition) is 3. The summed E-state index contributed by atoms with van der Waals surface area (Å²) in [5.74, 6) is -5.41. The molecule has 27 heteroatoms. The molecule has 4 heterocycles. The number of phosphoric ester groups is 1. The minimum Gasteiger partial charge on any atom is -0.462 e. The standard InChI is InChI=1S/C28H39N5O19P2S/c1-12(35)44-8-17(46-13(2)36)23-20(47-14(3)37)16(7-34)21(48-15(4)38)28(50-23)51-53(39,40)52-54(41,55)45-9-18-22(42-5)24(43-6)27(49-18)33-11-32-19-25(29)30-10-31-26(19)33/h7,10-11,16-18,20-24,27-28H,8-9H2,1-6H3,(H,39,40)(H,41,55)(H2,29,30,31)/t16?,17-,18-,20-,21?,22?,23?,24?,27-,28+,54?/m1/s1. The lowest BCUT2D eigenvalue weighted by atomic mass is 9.87. The highest BCUT2D eigenvalue weighted by Crippen LogP contribution is 2.62. The highest BCUT2D eigenvalue weighted by molar-refractivity contribution is 8.08. The van der Waals surface area contributed by atoms with Crippen molar-refractivity contribution in [1.82, 2.24) is 19.5 Å². The maximum absolute atomic E-state index is 13.4. The summed E-state index contributed by atoms with van der Waals surface area (Å²) in [5.41, 5.74) is 6.48. The molecule has 0 aromatic carbocycles. The summed E-state index contributed by atoms with van der Waals surface area (Å²) in [7, 11) is -2.92. The van der Waals surface area contributed by atoms with Crippen LogP contribution in [-0.4, -0.2) is 136 Å². The van der Waals surface area contributed by atoms with Crippen molar-refractivity contribution >= 4 is 73.5 Å². The van der Waals surface area contributed by atoms with E-state index in [9.17, 15) is 38.3 Å². The lowest BCUT2D eigenvalue weighted by Crippen LogP contribution is -2.62. The van der Waals surface area contributed by atoms with Crippen molar-refractivity contribution in [3.8, 4) is 0 Å². The number of methoxy groups -OCH3 is 2. The molecule has 0 radical (unpaired) electrons. The predicted molar refractivity (Wildman–Crippen MR) is 181 cm³/mol. The SMILES string of the molecule is COC1C(OC)[C@@H](COP(O)(=S)OP(=O)(O)O[C@@H]2OC([C@@H](COC(C)=O)OC(C)=O)[C@H](OC(C)=O)C(C=O)C2OC(C)=O)O[C@H]1n1cnc2c(N)ncnc21. The maximum Gasteiger partial charge on any atom is 0.481 e. The van der Waals surface area contributed by atoms with Crippen molar-refractivity contribution in [1.29, 1.82) is 0 Å². The Labute approximate surface area is 316 Å². The molecule has 0 saturated carbocycles. The summed E-state index contributed by atoms with van der Waals surface area (Å²) < 4.78 is 73.9. The molecular weight excluding hydrogens is 804 g/mol. The van der Waals surface area contributed by atoms with Crippen LogP contribution in [0.5, 0.6) is 0 Å². The molecule has 0 spiro atoms. The van der Waals surface area contributed by atoms with Crippen molar-refractivity contribution in [2.75, 3.05) is 33.2 Å². The summed E-state index contributed by atoms with van der Waals surface area (Å²) in [6, 6.07) is 0. The highest BCUT2D eigenvalue weighted by Gasteiger charge is 2.56. The van der Waals surface area contributed by atoms with Crippen LogP contribution < -0.4 is 5.73 Å². The van der Waals surface area contributed by atoms with Gasteiger partial charge < -0.3 is 62.7 Å². The molecule has 2 fully saturated rings. The van der Waals surface area contributed by atoms with E-state index in [1.807, 2.05) is 0 Å². The Morgan fingerprint density at radius 1 is 0.964 bits per heavy atom. The fourth-order valence-corrected chi connectivity index (χ4v) is 8.93. The van der Waals surface area contributed by atoms with Gasteiger partial charge in [-0.3, -0.25) is 28.3 Å². The molecule has 2 aromatic rings. The van der Waals surface area contributed by atoms with Crippen molar-refractivity contribution in [2.45, 2.75) is 82.9 Å². The van der Waals surface area contributed by atoms with Crippen LogP contribution in [0.3, 0.4) is 0 Å². The van der Waals surface area contributed by atoms with Gasteiger partial charge >= 0.3 is 38.4 Å². The van der Waals surface area contributed by atoms with Gasteiger partial charge in [-0.1, -0.05) is 0 Å². The first-order chi connectivity index (χ1) is 25.8. The molecule has 24 nitrogen and oxygen atoms in total. The molecule has 2 aliphatic heterocycles. The number of hydrogen-bond acceptors (Lipinski definition) is 22. The topological polar surface area (TPSA) is 314 Å². The molecule has 4 rings (SSSR count). The van der Waals surface area contributed by atoms with Crippen LogP contribution in [0.15, 0.2) is 12.7 Å². The molecule has 7 unspecified atom stereocenters. The minimum atomic E-state index is -5.65. The van der Waals surface area contributed by atoms with Crippen molar-refractivity contribution in [3.63, 3.8) is 0 Å².